The lowest BCUT2D eigenvalue weighted by Gasteiger charge is -2.12. The van der Waals surface area contributed by atoms with Crippen LogP contribution in [0.25, 0.3) is 0 Å². The van der Waals surface area contributed by atoms with Crippen molar-refractivity contribution in [3.8, 4) is 0 Å². The SMILES string of the molecule is CCCCCCCC(NS(C)(=O)=O)C(=O)O. The van der Waals surface area contributed by atoms with Crippen molar-refractivity contribution in [2.24, 2.45) is 0 Å². The molecule has 0 fully saturated rings. The molecule has 96 valence electrons. The van der Waals surface area contributed by atoms with Crippen molar-refractivity contribution in [2.75, 3.05) is 6.26 Å². The van der Waals surface area contributed by atoms with Crippen LogP contribution in [0, 0.1) is 0 Å². The Morgan fingerprint density at radius 1 is 1.25 bits per heavy atom. The zero-order valence-electron chi connectivity index (χ0n) is 9.90. The van der Waals surface area contributed by atoms with Gasteiger partial charge in [-0.15, -0.1) is 0 Å². The molecule has 0 bridgehead atoms. The molecule has 0 aliphatic heterocycles. The van der Waals surface area contributed by atoms with Crippen LogP contribution in [-0.2, 0) is 14.8 Å². The average Bonchev–Trinajstić information content (AvgIpc) is 2.13. The van der Waals surface area contributed by atoms with Gasteiger partial charge in [0.15, 0.2) is 0 Å². The zero-order chi connectivity index (χ0) is 12.6. The molecule has 0 aromatic carbocycles. The molecule has 0 aromatic heterocycles. The first-order chi connectivity index (χ1) is 7.37. The van der Waals surface area contributed by atoms with Crippen molar-refractivity contribution >= 4 is 16.0 Å². The number of rotatable bonds is 9. The van der Waals surface area contributed by atoms with Gasteiger partial charge in [0.25, 0.3) is 0 Å². The van der Waals surface area contributed by atoms with E-state index >= 15 is 0 Å². The normalized spacial score (nSPS) is 13.6. The Morgan fingerprint density at radius 3 is 2.25 bits per heavy atom. The van der Waals surface area contributed by atoms with E-state index in [9.17, 15) is 13.2 Å². The molecule has 1 atom stereocenters. The van der Waals surface area contributed by atoms with E-state index in [0.717, 1.165) is 38.4 Å². The number of nitrogens with one attached hydrogen (secondary N) is 1. The van der Waals surface area contributed by atoms with Crippen molar-refractivity contribution in [3.05, 3.63) is 0 Å². The van der Waals surface area contributed by atoms with Crippen LogP contribution in [0.5, 0.6) is 0 Å². The maximum atomic E-state index is 10.9. The molecule has 0 saturated carbocycles. The number of unbranched alkanes of at least 4 members (excludes halogenated alkanes) is 4. The molecule has 0 spiro atoms. The highest BCUT2D eigenvalue weighted by molar-refractivity contribution is 7.88. The van der Waals surface area contributed by atoms with Crippen molar-refractivity contribution in [1.29, 1.82) is 0 Å². The number of aliphatic carboxylic acids is 1. The number of sulfonamides is 1. The van der Waals surface area contributed by atoms with Gasteiger partial charge in [-0.05, 0) is 6.42 Å². The van der Waals surface area contributed by atoms with Gasteiger partial charge in [0, 0.05) is 0 Å². The summed E-state index contributed by atoms with van der Waals surface area (Å²) in [6.45, 7) is 2.10. The quantitative estimate of drug-likeness (QED) is 0.606. The minimum absolute atomic E-state index is 0.353. The number of carboxylic acids is 1. The van der Waals surface area contributed by atoms with Crippen LogP contribution in [0.1, 0.15) is 45.4 Å². The number of carbonyl (C=O) groups is 1. The Balaban J connectivity index is 3.92. The summed E-state index contributed by atoms with van der Waals surface area (Å²) >= 11 is 0. The van der Waals surface area contributed by atoms with Crippen LogP contribution >= 0.6 is 0 Å². The molecule has 0 aliphatic carbocycles. The van der Waals surface area contributed by atoms with Crippen molar-refractivity contribution in [2.45, 2.75) is 51.5 Å². The highest BCUT2D eigenvalue weighted by atomic mass is 32.2. The highest BCUT2D eigenvalue weighted by Crippen LogP contribution is 2.08. The fraction of sp³-hybridized carbons (Fsp3) is 0.900. The molecule has 16 heavy (non-hydrogen) atoms. The predicted octanol–water partition coefficient (Wildman–Crippen LogP) is 1.35. The van der Waals surface area contributed by atoms with Crippen LogP contribution in [0.3, 0.4) is 0 Å². The third kappa shape index (κ3) is 8.67. The molecule has 0 radical (unpaired) electrons. The summed E-state index contributed by atoms with van der Waals surface area (Å²) in [5.41, 5.74) is 0. The second-order valence-electron chi connectivity index (χ2n) is 3.98. The van der Waals surface area contributed by atoms with E-state index in [2.05, 4.69) is 11.6 Å². The first-order valence-corrected chi connectivity index (χ1v) is 7.46. The Morgan fingerprint density at radius 2 is 1.81 bits per heavy atom. The van der Waals surface area contributed by atoms with Gasteiger partial charge < -0.3 is 5.11 Å². The minimum Gasteiger partial charge on any atom is -0.480 e. The van der Waals surface area contributed by atoms with Crippen molar-refractivity contribution < 1.29 is 18.3 Å². The Labute approximate surface area is 97.3 Å². The van der Waals surface area contributed by atoms with Gasteiger partial charge in [0.1, 0.15) is 6.04 Å². The smallest absolute Gasteiger partial charge is 0.321 e. The summed E-state index contributed by atoms with van der Waals surface area (Å²) in [5, 5.41) is 8.81. The number of carboxylic acid groups (broad SMARTS) is 1. The third-order valence-electron chi connectivity index (χ3n) is 2.25. The minimum atomic E-state index is -3.45. The number of hydrogen-bond acceptors (Lipinski definition) is 3. The predicted molar refractivity (Wildman–Crippen MR) is 62.8 cm³/mol. The van der Waals surface area contributed by atoms with Crippen LogP contribution in [0.15, 0.2) is 0 Å². The maximum absolute atomic E-state index is 10.9. The summed E-state index contributed by atoms with van der Waals surface area (Å²) in [4.78, 5) is 10.8. The van der Waals surface area contributed by atoms with E-state index in [1.54, 1.807) is 0 Å². The standard InChI is InChI=1S/C10H21NO4S/c1-3-4-5-6-7-8-9(10(12)13)11-16(2,14)15/h9,11H,3-8H2,1-2H3,(H,12,13). The lowest BCUT2D eigenvalue weighted by Crippen LogP contribution is -2.40. The topological polar surface area (TPSA) is 83.5 Å². The molecular formula is C10H21NO4S. The summed E-state index contributed by atoms with van der Waals surface area (Å²) < 4.78 is 23.9. The van der Waals surface area contributed by atoms with Crippen LogP contribution in [0.4, 0.5) is 0 Å². The second-order valence-corrected chi connectivity index (χ2v) is 5.76. The van der Waals surface area contributed by atoms with Crippen molar-refractivity contribution in [1.82, 2.24) is 4.72 Å². The van der Waals surface area contributed by atoms with E-state index in [-0.39, 0.29) is 0 Å². The molecule has 6 heteroatoms. The summed E-state index contributed by atoms with van der Waals surface area (Å²) in [6, 6.07) is -0.989. The fourth-order valence-electron chi connectivity index (χ4n) is 1.44. The lowest BCUT2D eigenvalue weighted by molar-refractivity contribution is -0.139. The van der Waals surface area contributed by atoms with Gasteiger partial charge in [-0.3, -0.25) is 4.79 Å². The van der Waals surface area contributed by atoms with Crippen LogP contribution < -0.4 is 4.72 Å². The Kier molecular flexibility index (Phi) is 7.33. The molecule has 0 rings (SSSR count). The average molecular weight is 251 g/mol. The van der Waals surface area contributed by atoms with E-state index in [1.807, 2.05) is 0 Å². The third-order valence-corrected chi connectivity index (χ3v) is 2.96. The summed E-state index contributed by atoms with van der Waals surface area (Å²) in [5.74, 6) is -1.11. The van der Waals surface area contributed by atoms with Gasteiger partial charge in [-0.2, -0.15) is 0 Å². The lowest BCUT2D eigenvalue weighted by atomic mass is 10.1. The Bertz CT molecular complexity index is 300. The molecule has 0 aliphatic rings. The molecule has 0 amide bonds. The van der Waals surface area contributed by atoms with Crippen LogP contribution in [0.2, 0.25) is 0 Å². The summed E-state index contributed by atoms with van der Waals surface area (Å²) in [7, 11) is -3.45. The molecular weight excluding hydrogens is 230 g/mol. The maximum Gasteiger partial charge on any atom is 0.321 e. The Hall–Kier alpha value is -0.620. The largest absolute Gasteiger partial charge is 0.480 e. The first kappa shape index (κ1) is 15.4. The van der Waals surface area contributed by atoms with Crippen LogP contribution in [-0.4, -0.2) is 31.8 Å². The molecule has 0 saturated heterocycles. The highest BCUT2D eigenvalue weighted by Gasteiger charge is 2.20. The van der Waals surface area contributed by atoms with Gasteiger partial charge in [-0.25, -0.2) is 13.1 Å². The van der Waals surface area contributed by atoms with E-state index < -0.39 is 22.0 Å². The summed E-state index contributed by atoms with van der Waals surface area (Å²) in [6.07, 6.45) is 6.34. The van der Waals surface area contributed by atoms with Gasteiger partial charge in [0.05, 0.1) is 6.26 Å². The molecule has 0 aromatic rings. The van der Waals surface area contributed by atoms with Crippen molar-refractivity contribution in [3.63, 3.8) is 0 Å². The van der Waals surface area contributed by atoms with E-state index in [4.69, 9.17) is 5.11 Å². The zero-order valence-corrected chi connectivity index (χ0v) is 10.7. The molecule has 2 N–H and O–H groups in total. The number of hydrogen-bond donors (Lipinski definition) is 2. The monoisotopic (exact) mass is 251 g/mol. The van der Waals surface area contributed by atoms with Gasteiger partial charge in [0.2, 0.25) is 10.0 Å². The van der Waals surface area contributed by atoms with Gasteiger partial charge >= 0.3 is 5.97 Å². The first-order valence-electron chi connectivity index (χ1n) is 5.57. The molecule has 5 nitrogen and oxygen atoms in total. The second kappa shape index (κ2) is 7.62. The molecule has 1 unspecified atom stereocenters. The van der Waals surface area contributed by atoms with Gasteiger partial charge in [-0.1, -0.05) is 39.0 Å². The van der Waals surface area contributed by atoms with E-state index in [0.29, 0.717) is 6.42 Å². The van der Waals surface area contributed by atoms with E-state index in [1.165, 1.54) is 0 Å². The fourth-order valence-corrected chi connectivity index (χ4v) is 2.18. The molecule has 0 heterocycles.